The van der Waals surface area contributed by atoms with Crippen LogP contribution in [0.15, 0.2) is 6.07 Å². The smallest absolute Gasteiger partial charge is 0.243 e. The van der Waals surface area contributed by atoms with Crippen LogP contribution in [-0.4, -0.2) is 34.8 Å². The largest absolute Gasteiger partial charge is 0.311 e. The van der Waals surface area contributed by atoms with Gasteiger partial charge in [-0.2, -0.15) is 0 Å². The lowest BCUT2D eigenvalue weighted by molar-refractivity contribution is -0.137. The van der Waals surface area contributed by atoms with Gasteiger partial charge in [0, 0.05) is 43.2 Å². The van der Waals surface area contributed by atoms with Crippen LogP contribution in [0.2, 0.25) is 0 Å². The number of rotatable bonds is 2. The van der Waals surface area contributed by atoms with Crippen LogP contribution >= 0.6 is 0 Å². The maximum Gasteiger partial charge on any atom is 0.243 e. The Bertz CT molecular complexity index is 796. The van der Waals surface area contributed by atoms with Gasteiger partial charge in [-0.15, -0.1) is 0 Å². The lowest BCUT2D eigenvalue weighted by Gasteiger charge is -2.47. The second-order valence-electron chi connectivity index (χ2n) is 8.05. The Balaban J connectivity index is 1.46. The van der Waals surface area contributed by atoms with E-state index in [4.69, 9.17) is 0 Å². The lowest BCUT2D eigenvalue weighted by atomic mass is 9.72. The third-order valence-electron chi connectivity index (χ3n) is 6.45. The maximum absolute atomic E-state index is 14.7. The van der Waals surface area contributed by atoms with Gasteiger partial charge in [0.05, 0.1) is 6.04 Å². The molecule has 4 aliphatic heterocycles. The van der Waals surface area contributed by atoms with Crippen molar-refractivity contribution in [1.82, 2.24) is 15.5 Å². The molecule has 2 bridgehead atoms. The average molecular weight is 361 g/mol. The molecule has 1 aromatic rings. The van der Waals surface area contributed by atoms with Crippen molar-refractivity contribution in [3.05, 3.63) is 34.4 Å². The molecule has 0 spiro atoms. The fourth-order valence-electron chi connectivity index (χ4n) is 5.23. The summed E-state index contributed by atoms with van der Waals surface area (Å²) >= 11 is 0. The minimum Gasteiger partial charge on any atom is -0.311 e. The minimum absolute atomic E-state index is 0.107. The van der Waals surface area contributed by atoms with E-state index in [1.165, 1.54) is 0 Å². The van der Waals surface area contributed by atoms with Crippen LogP contribution < -0.4 is 10.6 Å². The van der Waals surface area contributed by atoms with E-state index in [1.54, 1.807) is 0 Å². The van der Waals surface area contributed by atoms with E-state index in [2.05, 4.69) is 10.6 Å². The van der Waals surface area contributed by atoms with Gasteiger partial charge in [0.15, 0.2) is 0 Å². The Morgan fingerprint density at radius 2 is 1.69 bits per heavy atom. The molecule has 26 heavy (non-hydrogen) atoms. The summed E-state index contributed by atoms with van der Waals surface area (Å²) in [6.45, 7) is 0.656. The highest BCUT2D eigenvalue weighted by Crippen LogP contribution is 2.44. The zero-order chi connectivity index (χ0) is 18.0. The molecule has 0 aromatic heterocycles. The monoisotopic (exact) mass is 361 g/mol. The SMILES string of the molecule is O=C1CCC(N2Cc3c(F)cc(F)c(C4CC5CC(C4)N5)c3C2)C(=O)N1. The lowest BCUT2D eigenvalue weighted by Crippen LogP contribution is -2.57. The molecule has 138 valence electrons. The molecule has 0 radical (unpaired) electrons. The van der Waals surface area contributed by atoms with Crippen molar-refractivity contribution < 1.29 is 18.4 Å². The number of hydrogen-bond acceptors (Lipinski definition) is 4. The maximum atomic E-state index is 14.7. The van der Waals surface area contributed by atoms with Gasteiger partial charge in [0.25, 0.3) is 0 Å². The molecule has 2 amide bonds. The van der Waals surface area contributed by atoms with Crippen LogP contribution in [0.5, 0.6) is 0 Å². The third-order valence-corrected chi connectivity index (χ3v) is 6.45. The number of hydrogen-bond donors (Lipinski definition) is 2. The van der Waals surface area contributed by atoms with E-state index in [-0.39, 0.29) is 24.2 Å². The Kier molecular flexibility index (Phi) is 3.66. The van der Waals surface area contributed by atoms with Gasteiger partial charge in [0.2, 0.25) is 11.8 Å². The molecule has 3 atom stereocenters. The van der Waals surface area contributed by atoms with E-state index in [0.717, 1.165) is 30.9 Å². The summed E-state index contributed by atoms with van der Waals surface area (Å²) in [5.74, 6) is -1.49. The first kappa shape index (κ1) is 16.3. The zero-order valence-corrected chi connectivity index (χ0v) is 14.4. The van der Waals surface area contributed by atoms with E-state index in [9.17, 15) is 18.4 Å². The van der Waals surface area contributed by atoms with E-state index < -0.39 is 17.7 Å². The van der Waals surface area contributed by atoms with Crippen molar-refractivity contribution in [3.63, 3.8) is 0 Å². The summed E-state index contributed by atoms with van der Waals surface area (Å²) < 4.78 is 29.2. The number of halogens is 2. The molecule has 1 aliphatic carbocycles. The standard InChI is InChI=1S/C19H21F2N3O2/c20-14-6-15(21)18(9-3-10-5-11(4-9)22-10)13-8-24(7-12(13)14)16-1-2-17(25)23-19(16)26/h6,9-11,16,22H,1-5,7-8H2,(H,23,25,26). The first-order valence-corrected chi connectivity index (χ1v) is 9.33. The highest BCUT2D eigenvalue weighted by Gasteiger charge is 2.42. The summed E-state index contributed by atoms with van der Waals surface area (Å²) in [4.78, 5) is 25.4. The van der Waals surface area contributed by atoms with Crippen LogP contribution in [0.25, 0.3) is 0 Å². The normalized spacial score (nSPS) is 33.6. The van der Waals surface area contributed by atoms with Gasteiger partial charge >= 0.3 is 0 Å². The van der Waals surface area contributed by atoms with Gasteiger partial charge in [0.1, 0.15) is 11.6 Å². The number of carbonyl (C=O) groups is 2. The number of imide groups is 1. The zero-order valence-electron chi connectivity index (χ0n) is 14.4. The van der Waals surface area contributed by atoms with Crippen LogP contribution in [-0.2, 0) is 22.7 Å². The molecule has 2 N–H and O–H groups in total. The van der Waals surface area contributed by atoms with Crippen LogP contribution in [0.4, 0.5) is 8.78 Å². The number of nitrogens with one attached hydrogen (secondary N) is 2. The second-order valence-corrected chi connectivity index (χ2v) is 8.05. The summed E-state index contributed by atoms with van der Waals surface area (Å²) in [5, 5.41) is 5.81. The molecule has 5 aliphatic rings. The van der Waals surface area contributed by atoms with Crippen molar-refractivity contribution in [2.75, 3.05) is 0 Å². The molecule has 1 saturated carbocycles. The Morgan fingerprint density at radius 3 is 2.38 bits per heavy atom. The van der Waals surface area contributed by atoms with Gasteiger partial charge in [-0.1, -0.05) is 0 Å². The summed E-state index contributed by atoms with van der Waals surface area (Å²) in [5.41, 5.74) is 1.88. The molecule has 5 nitrogen and oxygen atoms in total. The molecular weight excluding hydrogens is 340 g/mol. The first-order chi connectivity index (χ1) is 12.5. The predicted octanol–water partition coefficient (Wildman–Crippen LogP) is 1.69. The van der Waals surface area contributed by atoms with E-state index >= 15 is 0 Å². The van der Waals surface area contributed by atoms with Gasteiger partial charge < -0.3 is 5.32 Å². The molecule has 3 saturated heterocycles. The van der Waals surface area contributed by atoms with Crippen LogP contribution in [0, 0.1) is 11.6 Å². The summed E-state index contributed by atoms with van der Waals surface area (Å²) in [7, 11) is 0. The van der Waals surface area contributed by atoms with Gasteiger partial charge in [-0.3, -0.25) is 19.8 Å². The topological polar surface area (TPSA) is 61.4 Å². The summed E-state index contributed by atoms with van der Waals surface area (Å²) in [6.07, 6.45) is 3.61. The van der Waals surface area contributed by atoms with Gasteiger partial charge in [-0.05, 0) is 42.7 Å². The molecule has 6 rings (SSSR count). The number of piperidine rings is 2. The number of fused-ring (bicyclic) bond motifs is 3. The van der Waals surface area contributed by atoms with Crippen LogP contribution in [0.3, 0.4) is 0 Å². The second kappa shape index (κ2) is 5.82. The van der Waals surface area contributed by atoms with Crippen molar-refractivity contribution in [1.29, 1.82) is 0 Å². The number of carbonyl (C=O) groups excluding carboxylic acids is 2. The van der Waals surface area contributed by atoms with Gasteiger partial charge in [-0.25, -0.2) is 8.78 Å². The number of benzene rings is 1. The highest BCUT2D eigenvalue weighted by atomic mass is 19.1. The Hall–Kier alpha value is -1.86. The average Bonchev–Trinajstić information content (AvgIpc) is 2.99. The Morgan fingerprint density at radius 1 is 1.00 bits per heavy atom. The van der Waals surface area contributed by atoms with E-state index in [0.29, 0.717) is 42.7 Å². The van der Waals surface area contributed by atoms with Crippen molar-refractivity contribution in [2.24, 2.45) is 0 Å². The highest BCUT2D eigenvalue weighted by molar-refractivity contribution is 6.00. The fourth-order valence-corrected chi connectivity index (χ4v) is 5.23. The summed E-state index contributed by atoms with van der Waals surface area (Å²) in [6, 6.07) is 1.42. The quantitative estimate of drug-likeness (QED) is 0.787. The molecule has 4 fully saturated rings. The molecular formula is C19H21F2N3O2. The molecule has 3 unspecified atom stereocenters. The van der Waals surface area contributed by atoms with E-state index in [1.807, 2.05) is 4.90 Å². The molecule has 1 aromatic carbocycles. The first-order valence-electron chi connectivity index (χ1n) is 9.33. The van der Waals surface area contributed by atoms with Crippen LogP contribution in [0.1, 0.15) is 54.7 Å². The number of nitrogens with zero attached hydrogens (tertiary/aromatic N) is 1. The fraction of sp³-hybridized carbons (Fsp3) is 0.579. The number of amides is 2. The van der Waals surface area contributed by atoms with Crippen molar-refractivity contribution in [3.8, 4) is 0 Å². The Labute approximate surface area is 150 Å². The molecule has 4 heterocycles. The predicted molar refractivity (Wildman–Crippen MR) is 89.1 cm³/mol. The third kappa shape index (κ3) is 2.48. The van der Waals surface area contributed by atoms with Crippen molar-refractivity contribution in [2.45, 2.75) is 69.2 Å². The molecule has 7 heteroatoms. The minimum atomic E-state index is -0.532. The van der Waals surface area contributed by atoms with Crippen molar-refractivity contribution >= 4 is 11.8 Å².